The lowest BCUT2D eigenvalue weighted by atomic mass is 9.98. The molecule has 0 unspecified atom stereocenters. The Morgan fingerprint density at radius 3 is 2.70 bits per heavy atom. The summed E-state index contributed by atoms with van der Waals surface area (Å²) in [6.07, 6.45) is 5.35. The fraction of sp³-hybridized carbons (Fsp3) is 0.450. The molecule has 2 heterocycles. The van der Waals surface area contributed by atoms with Crippen molar-refractivity contribution in [3.8, 4) is 0 Å². The van der Waals surface area contributed by atoms with Crippen LogP contribution in [0, 0.1) is 0 Å². The van der Waals surface area contributed by atoms with E-state index in [1.165, 1.54) is 4.90 Å². The van der Waals surface area contributed by atoms with Crippen LogP contribution in [0.2, 0.25) is 0 Å². The third-order valence-electron chi connectivity index (χ3n) is 5.50. The van der Waals surface area contributed by atoms with Crippen molar-refractivity contribution in [1.29, 1.82) is 0 Å². The van der Waals surface area contributed by atoms with Gasteiger partial charge in [0.2, 0.25) is 5.95 Å². The third kappa shape index (κ3) is 4.27. The van der Waals surface area contributed by atoms with Crippen molar-refractivity contribution in [2.45, 2.75) is 44.2 Å². The lowest BCUT2D eigenvalue weighted by Gasteiger charge is -2.20. The van der Waals surface area contributed by atoms with E-state index < -0.39 is 11.6 Å². The van der Waals surface area contributed by atoms with E-state index >= 15 is 0 Å². The second-order valence-electron chi connectivity index (χ2n) is 7.66. The average Bonchev–Trinajstić information content (AvgIpc) is 3.43. The van der Waals surface area contributed by atoms with Crippen molar-refractivity contribution < 1.29 is 14.4 Å². The zero-order valence-electron chi connectivity index (χ0n) is 16.6. The summed E-state index contributed by atoms with van der Waals surface area (Å²) in [7, 11) is 0. The second kappa shape index (κ2) is 8.52. The fourth-order valence-corrected chi connectivity index (χ4v) is 3.98. The van der Waals surface area contributed by atoms with Gasteiger partial charge in [-0.25, -0.2) is 19.3 Å². The molecule has 30 heavy (non-hydrogen) atoms. The molecule has 10 heteroatoms. The largest absolute Gasteiger partial charge is 0.338 e. The Labute approximate surface area is 174 Å². The van der Waals surface area contributed by atoms with Gasteiger partial charge in [-0.2, -0.15) is 0 Å². The van der Waals surface area contributed by atoms with Gasteiger partial charge < -0.3 is 10.6 Å². The molecule has 1 saturated heterocycles. The Bertz CT molecular complexity index is 921. The Morgan fingerprint density at radius 2 is 1.93 bits per heavy atom. The van der Waals surface area contributed by atoms with Crippen LogP contribution in [-0.4, -0.2) is 56.3 Å². The number of nitrogens with zero attached hydrogens (tertiary/aromatic N) is 4. The molecule has 1 aromatic heterocycles. The highest BCUT2D eigenvalue weighted by Crippen LogP contribution is 2.34. The van der Waals surface area contributed by atoms with E-state index in [0.717, 1.165) is 18.4 Å². The lowest BCUT2D eigenvalue weighted by Crippen LogP contribution is -2.44. The number of urea groups is 2. The van der Waals surface area contributed by atoms with E-state index in [1.807, 2.05) is 30.3 Å². The molecule has 1 aromatic carbocycles. The summed E-state index contributed by atoms with van der Waals surface area (Å²) in [4.78, 5) is 42.1. The van der Waals surface area contributed by atoms with Crippen LogP contribution in [0.5, 0.6) is 0 Å². The predicted molar refractivity (Wildman–Crippen MR) is 109 cm³/mol. The number of hydrogen-bond acceptors (Lipinski definition) is 5. The quantitative estimate of drug-likeness (QED) is 0.473. The summed E-state index contributed by atoms with van der Waals surface area (Å²) >= 11 is 0. The monoisotopic (exact) mass is 411 g/mol. The first-order valence-electron chi connectivity index (χ1n) is 10.2. The van der Waals surface area contributed by atoms with Gasteiger partial charge in [-0.3, -0.25) is 15.0 Å². The molecular formula is C20H25N7O3. The zero-order chi connectivity index (χ0) is 21.0. The third-order valence-corrected chi connectivity index (χ3v) is 5.50. The minimum absolute atomic E-state index is 0.136. The van der Waals surface area contributed by atoms with E-state index in [0.29, 0.717) is 32.4 Å². The number of amides is 5. The van der Waals surface area contributed by atoms with E-state index in [9.17, 15) is 14.4 Å². The first kappa shape index (κ1) is 19.9. The van der Waals surface area contributed by atoms with E-state index in [4.69, 9.17) is 0 Å². The van der Waals surface area contributed by atoms with E-state index in [-0.39, 0.29) is 24.4 Å². The van der Waals surface area contributed by atoms with Gasteiger partial charge in [0.25, 0.3) is 5.91 Å². The molecule has 0 bridgehead atoms. The standard InChI is InChI=1S/C20H25N7O3/c28-16-20(9-4-5-10-20)24-19(30)27(16)12-6-11-21-18(29)23-17-22-14-26(25-17)13-15-7-2-1-3-8-15/h1-3,7-8,14H,4-6,9-13H2,(H,24,30)(H2,21,23,25,29). The van der Waals surface area contributed by atoms with Crippen LogP contribution < -0.4 is 16.0 Å². The van der Waals surface area contributed by atoms with Gasteiger partial charge in [0.05, 0.1) is 6.54 Å². The number of rotatable bonds is 7. The first-order valence-corrected chi connectivity index (χ1v) is 10.2. The molecule has 1 aliphatic heterocycles. The SMILES string of the molecule is O=C(NCCCN1C(=O)NC2(CCCC2)C1=O)Nc1ncn(Cc2ccccc2)n1. The summed E-state index contributed by atoms with van der Waals surface area (Å²) in [5, 5.41) is 12.4. The molecule has 0 radical (unpaired) electrons. The number of imide groups is 1. The number of carbonyl (C=O) groups is 3. The molecule has 10 nitrogen and oxygen atoms in total. The van der Waals surface area contributed by atoms with Crippen LogP contribution in [0.3, 0.4) is 0 Å². The summed E-state index contributed by atoms with van der Waals surface area (Å²) in [5.74, 6) is 0.0725. The summed E-state index contributed by atoms with van der Waals surface area (Å²) in [6.45, 7) is 1.15. The van der Waals surface area contributed by atoms with Gasteiger partial charge in [-0.15, -0.1) is 5.10 Å². The van der Waals surface area contributed by atoms with Crippen molar-refractivity contribution in [1.82, 2.24) is 30.3 Å². The van der Waals surface area contributed by atoms with Crippen LogP contribution in [0.4, 0.5) is 15.5 Å². The predicted octanol–water partition coefficient (Wildman–Crippen LogP) is 1.70. The molecule has 2 aliphatic rings. The molecule has 1 saturated carbocycles. The van der Waals surface area contributed by atoms with Gasteiger partial charge in [-0.05, 0) is 24.8 Å². The van der Waals surface area contributed by atoms with Gasteiger partial charge in [0, 0.05) is 13.1 Å². The van der Waals surface area contributed by atoms with Crippen molar-refractivity contribution in [2.75, 3.05) is 18.4 Å². The van der Waals surface area contributed by atoms with Crippen LogP contribution in [0.25, 0.3) is 0 Å². The highest BCUT2D eigenvalue weighted by atomic mass is 16.2. The van der Waals surface area contributed by atoms with Crippen molar-refractivity contribution in [3.05, 3.63) is 42.2 Å². The summed E-state index contributed by atoms with van der Waals surface area (Å²) < 4.78 is 1.64. The number of benzene rings is 1. The number of hydrogen-bond donors (Lipinski definition) is 3. The van der Waals surface area contributed by atoms with Gasteiger partial charge in [-0.1, -0.05) is 43.2 Å². The normalized spacial score (nSPS) is 17.4. The molecule has 158 valence electrons. The number of nitrogens with one attached hydrogen (secondary N) is 3. The number of anilines is 1. The molecule has 2 aromatic rings. The molecular weight excluding hydrogens is 386 g/mol. The molecule has 3 N–H and O–H groups in total. The van der Waals surface area contributed by atoms with Crippen molar-refractivity contribution in [3.63, 3.8) is 0 Å². The molecule has 1 aliphatic carbocycles. The minimum Gasteiger partial charge on any atom is -0.338 e. The Hall–Kier alpha value is -3.43. The molecule has 0 atom stereocenters. The van der Waals surface area contributed by atoms with E-state index in [1.54, 1.807) is 11.0 Å². The Balaban J connectivity index is 1.19. The number of aromatic nitrogens is 3. The van der Waals surface area contributed by atoms with Crippen LogP contribution in [-0.2, 0) is 11.3 Å². The molecule has 4 rings (SSSR count). The zero-order valence-corrected chi connectivity index (χ0v) is 16.6. The summed E-state index contributed by atoms with van der Waals surface area (Å²) in [6, 6.07) is 9.05. The molecule has 1 spiro atoms. The van der Waals surface area contributed by atoms with Gasteiger partial charge >= 0.3 is 12.1 Å². The van der Waals surface area contributed by atoms with Crippen molar-refractivity contribution in [2.24, 2.45) is 0 Å². The second-order valence-corrected chi connectivity index (χ2v) is 7.66. The maximum Gasteiger partial charge on any atom is 0.325 e. The minimum atomic E-state index is -0.688. The Morgan fingerprint density at radius 1 is 1.17 bits per heavy atom. The Kier molecular flexibility index (Phi) is 5.64. The lowest BCUT2D eigenvalue weighted by molar-refractivity contribution is -0.131. The summed E-state index contributed by atoms with van der Waals surface area (Å²) in [5.41, 5.74) is 0.393. The van der Waals surface area contributed by atoms with E-state index in [2.05, 4.69) is 26.0 Å². The smallest absolute Gasteiger partial charge is 0.325 e. The highest BCUT2D eigenvalue weighted by Gasteiger charge is 2.51. The maximum atomic E-state index is 12.6. The maximum absolute atomic E-state index is 12.6. The van der Waals surface area contributed by atoms with Crippen LogP contribution >= 0.6 is 0 Å². The fourth-order valence-electron chi connectivity index (χ4n) is 3.98. The van der Waals surface area contributed by atoms with Gasteiger partial charge in [0.1, 0.15) is 11.9 Å². The highest BCUT2D eigenvalue weighted by molar-refractivity contribution is 6.07. The topological polar surface area (TPSA) is 121 Å². The molecule has 5 amide bonds. The molecule has 2 fully saturated rings. The first-order chi connectivity index (χ1) is 14.6. The average molecular weight is 411 g/mol. The van der Waals surface area contributed by atoms with Crippen LogP contribution in [0.15, 0.2) is 36.7 Å². The number of carbonyl (C=O) groups excluding carboxylic acids is 3. The van der Waals surface area contributed by atoms with Crippen molar-refractivity contribution >= 4 is 23.9 Å². The van der Waals surface area contributed by atoms with Crippen LogP contribution in [0.1, 0.15) is 37.7 Å². The van der Waals surface area contributed by atoms with Gasteiger partial charge in [0.15, 0.2) is 0 Å².